The van der Waals surface area contributed by atoms with Crippen molar-refractivity contribution < 1.29 is 18.4 Å². The molecule has 2 fully saturated rings. The molecule has 18 heavy (non-hydrogen) atoms. The number of hydrogen-bond donors (Lipinski definition) is 2. The number of likely N-dealkylation sites (N-methyl/N-ethyl adjacent to an activating group) is 1. The lowest BCUT2D eigenvalue weighted by molar-refractivity contribution is -0.136. The zero-order valence-corrected chi connectivity index (χ0v) is 10.2. The van der Waals surface area contributed by atoms with Gasteiger partial charge in [-0.25, -0.2) is 8.78 Å². The highest BCUT2D eigenvalue weighted by atomic mass is 19.3. The van der Waals surface area contributed by atoms with Gasteiger partial charge >= 0.3 is 0 Å². The average Bonchev–Trinajstić information content (AvgIpc) is 2.99. The van der Waals surface area contributed by atoms with Gasteiger partial charge in [0.05, 0.1) is 19.1 Å². The van der Waals surface area contributed by atoms with Crippen LogP contribution in [0.15, 0.2) is 0 Å². The molecule has 1 heterocycles. The molecule has 1 saturated heterocycles. The van der Waals surface area contributed by atoms with E-state index >= 15 is 0 Å². The third-order valence-corrected chi connectivity index (χ3v) is 3.11. The van der Waals surface area contributed by atoms with E-state index in [9.17, 15) is 18.4 Å². The number of nitrogens with zero attached hydrogens (tertiary/aromatic N) is 1. The smallest absolute Gasteiger partial charge is 0.262 e. The van der Waals surface area contributed by atoms with E-state index in [1.807, 2.05) is 0 Å². The Morgan fingerprint density at radius 1 is 1.44 bits per heavy atom. The topological polar surface area (TPSA) is 61.4 Å². The van der Waals surface area contributed by atoms with Gasteiger partial charge in [-0.05, 0) is 12.8 Å². The molecule has 0 bridgehead atoms. The molecule has 2 amide bonds. The molecule has 1 aliphatic carbocycles. The number of alkyl halides is 2. The Bertz CT molecular complexity index is 358. The van der Waals surface area contributed by atoms with Crippen molar-refractivity contribution in [2.75, 3.05) is 20.1 Å². The van der Waals surface area contributed by atoms with Gasteiger partial charge in [0, 0.05) is 19.5 Å². The van der Waals surface area contributed by atoms with E-state index < -0.39 is 30.8 Å². The fourth-order valence-corrected chi connectivity index (χ4v) is 1.95. The van der Waals surface area contributed by atoms with E-state index in [1.54, 1.807) is 0 Å². The van der Waals surface area contributed by atoms with Crippen LogP contribution in [0.4, 0.5) is 8.78 Å². The highest BCUT2D eigenvalue weighted by Crippen LogP contribution is 2.25. The minimum Gasteiger partial charge on any atom is -0.352 e. The van der Waals surface area contributed by atoms with Crippen LogP contribution in [-0.4, -0.2) is 54.9 Å². The number of carbonyl (C=O) groups excluding carboxylic acids is 2. The number of halogens is 2. The number of rotatable bonds is 4. The van der Waals surface area contributed by atoms with Crippen LogP contribution in [0.5, 0.6) is 0 Å². The summed E-state index contributed by atoms with van der Waals surface area (Å²) in [5, 5.41) is 5.23. The summed E-state index contributed by atoms with van der Waals surface area (Å²) in [5.41, 5.74) is 0. The van der Waals surface area contributed by atoms with Crippen LogP contribution >= 0.6 is 0 Å². The number of carbonyl (C=O) groups is 2. The zero-order chi connectivity index (χ0) is 13.3. The molecule has 1 atom stereocenters. The Morgan fingerprint density at radius 3 is 2.61 bits per heavy atom. The third-order valence-electron chi connectivity index (χ3n) is 3.11. The fourth-order valence-electron chi connectivity index (χ4n) is 1.95. The van der Waals surface area contributed by atoms with E-state index in [-0.39, 0.29) is 18.5 Å². The summed E-state index contributed by atoms with van der Waals surface area (Å²) in [6.07, 6.45) is 1.44. The summed E-state index contributed by atoms with van der Waals surface area (Å²) in [6.45, 7) is -0.565. The standard InChI is InChI=1S/C11H17F2N3O2/c1-16(5-9(17)15-7-2-3-7)10(18)8-4-11(12,13)6-14-8/h7-8,14H,2-6H2,1H3,(H,15,17). The predicted molar refractivity (Wildman–Crippen MR) is 60.2 cm³/mol. The van der Waals surface area contributed by atoms with Crippen LogP contribution in [0.25, 0.3) is 0 Å². The Balaban J connectivity index is 1.79. The summed E-state index contributed by atoms with van der Waals surface area (Å²) in [6, 6.07) is -0.659. The van der Waals surface area contributed by atoms with Crippen LogP contribution < -0.4 is 10.6 Å². The van der Waals surface area contributed by atoms with Crippen molar-refractivity contribution in [2.45, 2.75) is 37.3 Å². The highest BCUT2D eigenvalue weighted by molar-refractivity contribution is 5.87. The molecule has 5 nitrogen and oxygen atoms in total. The minimum atomic E-state index is -2.84. The van der Waals surface area contributed by atoms with Gasteiger partial charge in [0.15, 0.2) is 0 Å². The SMILES string of the molecule is CN(CC(=O)NC1CC1)C(=O)C1CC(F)(F)CN1. The van der Waals surface area contributed by atoms with Crippen LogP contribution in [0.1, 0.15) is 19.3 Å². The van der Waals surface area contributed by atoms with Crippen molar-refractivity contribution >= 4 is 11.8 Å². The number of hydrogen-bond acceptors (Lipinski definition) is 3. The van der Waals surface area contributed by atoms with Gasteiger partial charge in [-0.2, -0.15) is 0 Å². The van der Waals surface area contributed by atoms with Crippen LogP contribution in [-0.2, 0) is 9.59 Å². The van der Waals surface area contributed by atoms with Gasteiger partial charge in [0.25, 0.3) is 5.92 Å². The first kappa shape index (κ1) is 13.2. The summed E-state index contributed by atoms with van der Waals surface area (Å²) < 4.78 is 25.9. The molecule has 1 saturated carbocycles. The molecule has 2 aliphatic rings. The van der Waals surface area contributed by atoms with Gasteiger partial charge < -0.3 is 10.2 Å². The maximum atomic E-state index is 12.9. The number of nitrogens with one attached hydrogen (secondary N) is 2. The van der Waals surface area contributed by atoms with Crippen molar-refractivity contribution in [1.82, 2.24) is 15.5 Å². The molecule has 0 aromatic carbocycles. The molecule has 1 unspecified atom stereocenters. The van der Waals surface area contributed by atoms with Gasteiger partial charge in [0.2, 0.25) is 11.8 Å². The molecule has 102 valence electrons. The molecule has 0 radical (unpaired) electrons. The second kappa shape index (κ2) is 4.79. The Labute approximate surface area is 104 Å². The second-order valence-corrected chi connectivity index (χ2v) is 5.03. The molecule has 7 heteroatoms. The Morgan fingerprint density at radius 2 is 2.11 bits per heavy atom. The van der Waals surface area contributed by atoms with Crippen LogP contribution in [0, 0.1) is 0 Å². The van der Waals surface area contributed by atoms with E-state index in [2.05, 4.69) is 10.6 Å². The van der Waals surface area contributed by atoms with Crippen molar-refractivity contribution in [2.24, 2.45) is 0 Å². The first-order valence-corrected chi connectivity index (χ1v) is 6.03. The molecule has 0 aromatic heterocycles. The van der Waals surface area contributed by atoms with Crippen molar-refractivity contribution in [3.8, 4) is 0 Å². The minimum absolute atomic E-state index is 0.0842. The van der Waals surface area contributed by atoms with Crippen LogP contribution in [0.3, 0.4) is 0 Å². The largest absolute Gasteiger partial charge is 0.352 e. The lowest BCUT2D eigenvalue weighted by Gasteiger charge is -2.20. The normalized spacial score (nSPS) is 25.8. The summed E-state index contributed by atoms with van der Waals surface area (Å²) in [4.78, 5) is 24.5. The van der Waals surface area contributed by atoms with E-state index in [0.29, 0.717) is 0 Å². The summed E-state index contributed by atoms with van der Waals surface area (Å²) >= 11 is 0. The van der Waals surface area contributed by atoms with E-state index in [0.717, 1.165) is 12.8 Å². The number of amides is 2. The molecule has 1 aliphatic heterocycles. The lowest BCUT2D eigenvalue weighted by Crippen LogP contribution is -2.46. The maximum absolute atomic E-state index is 12.9. The summed E-state index contributed by atoms with van der Waals surface area (Å²) in [7, 11) is 1.45. The molecular formula is C11H17F2N3O2. The molecular weight excluding hydrogens is 244 g/mol. The van der Waals surface area contributed by atoms with Crippen LogP contribution in [0.2, 0.25) is 0 Å². The fraction of sp³-hybridized carbons (Fsp3) is 0.818. The summed E-state index contributed by atoms with van der Waals surface area (Å²) in [5.74, 6) is -3.53. The van der Waals surface area contributed by atoms with Crippen molar-refractivity contribution in [1.29, 1.82) is 0 Å². The quantitative estimate of drug-likeness (QED) is 0.732. The molecule has 2 N–H and O–H groups in total. The molecule has 0 spiro atoms. The molecule has 2 rings (SSSR count). The van der Waals surface area contributed by atoms with Gasteiger partial charge in [0.1, 0.15) is 0 Å². The zero-order valence-electron chi connectivity index (χ0n) is 10.2. The Kier molecular flexibility index (Phi) is 3.52. The molecule has 0 aromatic rings. The van der Waals surface area contributed by atoms with Gasteiger partial charge in [-0.1, -0.05) is 0 Å². The van der Waals surface area contributed by atoms with E-state index in [4.69, 9.17) is 0 Å². The second-order valence-electron chi connectivity index (χ2n) is 5.03. The maximum Gasteiger partial charge on any atom is 0.262 e. The first-order chi connectivity index (χ1) is 8.37. The van der Waals surface area contributed by atoms with Crippen molar-refractivity contribution in [3.63, 3.8) is 0 Å². The van der Waals surface area contributed by atoms with Gasteiger partial charge in [-0.3, -0.25) is 14.9 Å². The predicted octanol–water partition coefficient (Wildman–Crippen LogP) is -0.279. The lowest BCUT2D eigenvalue weighted by atomic mass is 10.1. The monoisotopic (exact) mass is 261 g/mol. The van der Waals surface area contributed by atoms with Gasteiger partial charge in [-0.15, -0.1) is 0 Å². The first-order valence-electron chi connectivity index (χ1n) is 6.03. The third kappa shape index (κ3) is 3.38. The Hall–Kier alpha value is -1.24. The van der Waals surface area contributed by atoms with Crippen molar-refractivity contribution in [3.05, 3.63) is 0 Å². The van der Waals surface area contributed by atoms with E-state index in [1.165, 1.54) is 11.9 Å². The highest BCUT2D eigenvalue weighted by Gasteiger charge is 2.43. The average molecular weight is 261 g/mol.